The van der Waals surface area contributed by atoms with Gasteiger partial charge >= 0.3 is 15.2 Å². The molecule has 10 nitrogen and oxygen atoms in total. The molecule has 0 aliphatic rings. The summed E-state index contributed by atoms with van der Waals surface area (Å²) in [5, 5.41) is 8.99. The van der Waals surface area contributed by atoms with Crippen LogP contribution in [0, 0.1) is 0 Å². The van der Waals surface area contributed by atoms with Crippen LogP contribution in [0.25, 0.3) is 0 Å². The van der Waals surface area contributed by atoms with Gasteiger partial charge in [-0.2, -0.15) is 0 Å². The van der Waals surface area contributed by atoms with Crippen LogP contribution in [-0.2, 0) is 13.9 Å². The molecule has 0 aromatic heterocycles. The molecule has 0 saturated heterocycles. The maximum absolute atomic E-state index is 11.5. The van der Waals surface area contributed by atoms with Crippen LogP contribution >= 0.6 is 15.2 Å². The first kappa shape index (κ1) is 23.7. The third-order valence-electron chi connectivity index (χ3n) is 3.55. The van der Waals surface area contributed by atoms with Crippen molar-refractivity contribution in [1.82, 2.24) is 5.32 Å². The van der Waals surface area contributed by atoms with Crippen LogP contribution in [0.4, 0.5) is 0 Å². The molecule has 0 aromatic rings. The van der Waals surface area contributed by atoms with E-state index < -0.39 is 26.7 Å². The number of unbranched alkanes of at least 4 members (excludes halogenated alkanes) is 4. The average molecular weight is 390 g/mol. The van der Waals surface area contributed by atoms with Crippen molar-refractivity contribution in [2.75, 3.05) is 13.1 Å². The van der Waals surface area contributed by atoms with Gasteiger partial charge in [-0.3, -0.25) is 13.9 Å². The molecule has 144 valence electrons. The predicted octanol–water partition coefficient (Wildman–Crippen LogP) is 0.184. The first-order valence-electron chi connectivity index (χ1n) is 7.76. The molecule has 0 spiro atoms. The second-order valence-electron chi connectivity index (χ2n) is 5.62. The third kappa shape index (κ3) is 8.18. The molecular weight excluding hydrogens is 362 g/mol. The van der Waals surface area contributed by atoms with Gasteiger partial charge in [-0.15, -0.1) is 0 Å². The predicted molar refractivity (Wildman–Crippen MR) is 88.0 cm³/mol. The number of nitrogens with one attached hydrogen (secondary N) is 1. The van der Waals surface area contributed by atoms with Gasteiger partial charge in [0.05, 0.1) is 0 Å². The SMILES string of the molecule is NCCCCCC(=O)NCCCCCC(O)(P(=O)(O)O)P(=O)(O)O. The van der Waals surface area contributed by atoms with Gasteiger partial charge in [0.2, 0.25) is 5.91 Å². The number of hydrogen-bond donors (Lipinski definition) is 7. The van der Waals surface area contributed by atoms with Gasteiger partial charge in [0, 0.05) is 13.0 Å². The van der Waals surface area contributed by atoms with Gasteiger partial charge in [0.1, 0.15) is 0 Å². The summed E-state index contributed by atoms with van der Waals surface area (Å²) in [6, 6.07) is 0. The summed E-state index contributed by atoms with van der Waals surface area (Å²) in [5.41, 5.74) is 5.34. The van der Waals surface area contributed by atoms with E-state index in [0.29, 0.717) is 32.4 Å². The number of carbonyl (C=O) groups is 1. The molecule has 8 N–H and O–H groups in total. The Bertz CT molecular complexity index is 454. The molecule has 0 aromatic carbocycles. The lowest BCUT2D eigenvalue weighted by atomic mass is 10.1. The van der Waals surface area contributed by atoms with Crippen LogP contribution in [0.3, 0.4) is 0 Å². The molecule has 24 heavy (non-hydrogen) atoms. The molecule has 0 saturated carbocycles. The quantitative estimate of drug-likeness (QED) is 0.170. The fourth-order valence-corrected chi connectivity index (χ4v) is 4.30. The molecule has 0 atom stereocenters. The Morgan fingerprint density at radius 2 is 1.46 bits per heavy atom. The fourth-order valence-electron chi connectivity index (χ4n) is 2.05. The minimum Gasteiger partial charge on any atom is -0.368 e. The lowest BCUT2D eigenvalue weighted by Crippen LogP contribution is -2.28. The lowest BCUT2D eigenvalue weighted by Gasteiger charge is -2.29. The molecule has 0 aliphatic heterocycles. The Hall–Kier alpha value is -0.310. The fraction of sp³-hybridized carbons (Fsp3) is 0.917. The largest absolute Gasteiger partial charge is 0.369 e. The molecule has 0 bridgehead atoms. The van der Waals surface area contributed by atoms with E-state index >= 15 is 0 Å². The number of rotatable bonds is 13. The number of carbonyl (C=O) groups excluding carboxylic acids is 1. The summed E-state index contributed by atoms with van der Waals surface area (Å²) in [5.74, 6) is -0.103. The highest BCUT2D eigenvalue weighted by molar-refractivity contribution is 7.72. The summed E-state index contributed by atoms with van der Waals surface area (Å²) in [7, 11) is -10.8. The van der Waals surface area contributed by atoms with E-state index in [1.54, 1.807) is 0 Å². The highest BCUT2D eigenvalue weighted by Gasteiger charge is 2.58. The highest BCUT2D eigenvalue weighted by atomic mass is 31.2. The average Bonchev–Trinajstić information content (AvgIpc) is 2.44. The summed E-state index contributed by atoms with van der Waals surface area (Å²) in [4.78, 5) is 47.4. The Morgan fingerprint density at radius 1 is 0.917 bits per heavy atom. The molecular formula is C12H28N2O8P2. The van der Waals surface area contributed by atoms with E-state index in [0.717, 1.165) is 19.3 Å². The molecule has 0 heterocycles. The minimum atomic E-state index is -5.39. The van der Waals surface area contributed by atoms with Crippen molar-refractivity contribution in [3.05, 3.63) is 0 Å². The Labute approximate surface area is 141 Å². The van der Waals surface area contributed by atoms with Crippen LogP contribution in [0.2, 0.25) is 0 Å². The number of amides is 1. The first-order chi connectivity index (χ1) is 11.0. The third-order valence-corrected chi connectivity index (χ3v) is 7.43. The summed E-state index contributed by atoms with van der Waals surface area (Å²) in [6.45, 7) is 0.942. The highest BCUT2D eigenvalue weighted by Crippen LogP contribution is 2.69. The lowest BCUT2D eigenvalue weighted by molar-refractivity contribution is -0.121. The standard InChI is InChI=1S/C12H28N2O8P2/c13-9-5-1-3-7-11(15)14-10-6-2-4-8-12(16,23(17,18)19)24(20,21)22/h16H,1-10,13H2,(H,14,15)(H2,17,18,19)(H2,20,21,22). The van der Waals surface area contributed by atoms with Crippen molar-refractivity contribution < 1.29 is 38.6 Å². The van der Waals surface area contributed by atoms with Gasteiger partial charge < -0.3 is 35.7 Å². The second kappa shape index (κ2) is 10.6. The van der Waals surface area contributed by atoms with Gasteiger partial charge in [-0.05, 0) is 38.6 Å². The number of hydrogen-bond acceptors (Lipinski definition) is 5. The topological polar surface area (TPSA) is 190 Å². The second-order valence-corrected chi connectivity index (χ2v) is 9.63. The molecule has 1 amide bonds. The van der Waals surface area contributed by atoms with E-state index in [4.69, 9.17) is 25.3 Å². The summed E-state index contributed by atoms with van der Waals surface area (Å²) in [6.07, 6.45) is 2.98. The summed E-state index contributed by atoms with van der Waals surface area (Å²) < 4.78 is 22.3. The van der Waals surface area contributed by atoms with Crippen molar-refractivity contribution in [3.8, 4) is 0 Å². The van der Waals surface area contributed by atoms with Crippen molar-refractivity contribution >= 4 is 21.1 Å². The van der Waals surface area contributed by atoms with Crippen LogP contribution in [0.5, 0.6) is 0 Å². The van der Waals surface area contributed by atoms with Crippen LogP contribution in [0.1, 0.15) is 51.4 Å². The van der Waals surface area contributed by atoms with Crippen molar-refractivity contribution in [3.63, 3.8) is 0 Å². The maximum Gasteiger partial charge on any atom is 0.369 e. The van der Waals surface area contributed by atoms with Crippen LogP contribution < -0.4 is 11.1 Å². The summed E-state index contributed by atoms with van der Waals surface area (Å²) >= 11 is 0. The smallest absolute Gasteiger partial charge is 0.368 e. The van der Waals surface area contributed by atoms with E-state index in [1.165, 1.54) is 0 Å². The molecule has 12 heteroatoms. The van der Waals surface area contributed by atoms with E-state index in [2.05, 4.69) is 5.32 Å². The van der Waals surface area contributed by atoms with Gasteiger partial charge in [0.25, 0.3) is 5.08 Å². The maximum atomic E-state index is 11.5. The molecule has 0 radical (unpaired) electrons. The van der Waals surface area contributed by atoms with Crippen molar-refractivity contribution in [1.29, 1.82) is 0 Å². The van der Waals surface area contributed by atoms with E-state index in [9.17, 15) is 19.0 Å². The molecule has 0 fully saturated rings. The van der Waals surface area contributed by atoms with Crippen molar-refractivity contribution in [2.45, 2.75) is 56.4 Å². The zero-order valence-corrected chi connectivity index (χ0v) is 15.3. The van der Waals surface area contributed by atoms with Crippen LogP contribution in [0.15, 0.2) is 0 Å². The normalized spacial score (nSPS) is 13.1. The van der Waals surface area contributed by atoms with Crippen molar-refractivity contribution in [2.24, 2.45) is 5.73 Å². The molecule has 0 rings (SSSR count). The van der Waals surface area contributed by atoms with E-state index in [-0.39, 0.29) is 12.3 Å². The van der Waals surface area contributed by atoms with Gasteiger partial charge in [-0.25, -0.2) is 0 Å². The van der Waals surface area contributed by atoms with E-state index in [1.807, 2.05) is 0 Å². The Kier molecular flexibility index (Phi) is 10.5. The van der Waals surface area contributed by atoms with Gasteiger partial charge in [-0.1, -0.05) is 12.8 Å². The molecule has 0 unspecified atom stereocenters. The monoisotopic (exact) mass is 390 g/mol. The Balaban J connectivity index is 4.02. The van der Waals surface area contributed by atoms with Crippen LogP contribution in [-0.4, -0.2) is 48.8 Å². The first-order valence-corrected chi connectivity index (χ1v) is 11.0. The molecule has 0 aliphatic carbocycles. The minimum absolute atomic E-state index is 0.000902. The number of aliphatic hydroxyl groups is 1. The van der Waals surface area contributed by atoms with Gasteiger partial charge in [0.15, 0.2) is 0 Å². The number of nitrogens with two attached hydrogens (primary N) is 1. The zero-order chi connectivity index (χ0) is 18.9. The zero-order valence-electron chi connectivity index (χ0n) is 13.5. The Morgan fingerprint density at radius 3 is 1.96 bits per heavy atom.